The van der Waals surface area contributed by atoms with Crippen molar-refractivity contribution in [1.82, 2.24) is 0 Å². The van der Waals surface area contributed by atoms with E-state index in [-0.39, 0.29) is 0 Å². The smallest absolute Gasteiger partial charge is 0.0536 e. The van der Waals surface area contributed by atoms with Gasteiger partial charge >= 0.3 is 0 Å². The number of allylic oxidation sites excluding steroid dienone is 1. The number of hydrogen-bond acceptors (Lipinski definition) is 0. The minimum atomic E-state index is 0.404. The van der Waals surface area contributed by atoms with Crippen LogP contribution in [0.4, 0.5) is 0 Å². The van der Waals surface area contributed by atoms with Gasteiger partial charge in [-0.25, -0.2) is 0 Å². The van der Waals surface area contributed by atoms with E-state index in [9.17, 15) is 0 Å². The van der Waals surface area contributed by atoms with E-state index in [1.54, 1.807) is 0 Å². The summed E-state index contributed by atoms with van der Waals surface area (Å²) >= 11 is 2.35. The molecule has 0 N–H and O–H groups in total. The molecule has 0 radical (unpaired) electrons. The molecular formula is C11H11I. The normalized spacial score (nSPS) is 12.1. The van der Waals surface area contributed by atoms with Crippen molar-refractivity contribution >= 4 is 28.7 Å². The topological polar surface area (TPSA) is 0 Å². The molecule has 1 heteroatoms. The van der Waals surface area contributed by atoms with Gasteiger partial charge in [0.1, 0.15) is 0 Å². The maximum Gasteiger partial charge on any atom is 0.0536 e. The lowest BCUT2D eigenvalue weighted by Gasteiger charge is -2.03. The average molecular weight is 270 g/mol. The zero-order chi connectivity index (χ0) is 8.97. The van der Waals surface area contributed by atoms with Gasteiger partial charge in [-0.15, -0.1) is 6.58 Å². The van der Waals surface area contributed by atoms with Gasteiger partial charge in [0, 0.05) is 0 Å². The molecule has 0 bridgehead atoms. The van der Waals surface area contributed by atoms with Gasteiger partial charge in [-0.05, 0) is 11.1 Å². The SMILES string of the molecule is C=Cc1ccc(C(I)C=C)cc1. The predicted octanol–water partition coefficient (Wildman–Crippen LogP) is 3.99. The third-order valence-corrected chi connectivity index (χ3v) is 2.93. The van der Waals surface area contributed by atoms with Gasteiger partial charge in [0.05, 0.1) is 3.92 Å². The van der Waals surface area contributed by atoms with Gasteiger partial charge in [-0.3, -0.25) is 0 Å². The lowest BCUT2D eigenvalue weighted by molar-refractivity contribution is 1.28. The molecule has 12 heavy (non-hydrogen) atoms. The van der Waals surface area contributed by atoms with Crippen LogP contribution in [0.25, 0.3) is 6.08 Å². The molecule has 0 spiro atoms. The van der Waals surface area contributed by atoms with E-state index in [1.165, 1.54) is 5.56 Å². The van der Waals surface area contributed by atoms with Gasteiger partial charge in [0.25, 0.3) is 0 Å². The molecule has 0 heterocycles. The van der Waals surface area contributed by atoms with E-state index < -0.39 is 0 Å². The molecule has 62 valence electrons. The van der Waals surface area contributed by atoms with E-state index in [4.69, 9.17) is 0 Å². The highest BCUT2D eigenvalue weighted by Crippen LogP contribution is 2.24. The second-order valence-corrected chi connectivity index (χ2v) is 3.85. The van der Waals surface area contributed by atoms with E-state index in [1.807, 2.05) is 12.2 Å². The van der Waals surface area contributed by atoms with Crippen molar-refractivity contribution in [2.24, 2.45) is 0 Å². The summed E-state index contributed by atoms with van der Waals surface area (Å²) in [5, 5.41) is 0. The summed E-state index contributed by atoms with van der Waals surface area (Å²) in [5.41, 5.74) is 2.45. The van der Waals surface area contributed by atoms with E-state index in [0.29, 0.717) is 3.92 Å². The first kappa shape index (κ1) is 9.52. The van der Waals surface area contributed by atoms with Crippen molar-refractivity contribution in [1.29, 1.82) is 0 Å². The van der Waals surface area contributed by atoms with Gasteiger partial charge in [-0.1, -0.05) is 65.6 Å². The largest absolute Gasteiger partial charge is 0.102 e. The summed E-state index contributed by atoms with van der Waals surface area (Å²) in [6.07, 6.45) is 3.78. The van der Waals surface area contributed by atoms with E-state index in [0.717, 1.165) is 5.56 Å². The Morgan fingerprint density at radius 3 is 2.17 bits per heavy atom. The maximum atomic E-state index is 3.75. The Morgan fingerprint density at radius 2 is 1.75 bits per heavy atom. The van der Waals surface area contributed by atoms with Crippen LogP contribution >= 0.6 is 22.6 Å². The minimum Gasteiger partial charge on any atom is -0.102 e. The highest BCUT2D eigenvalue weighted by atomic mass is 127. The third-order valence-electron chi connectivity index (χ3n) is 1.70. The van der Waals surface area contributed by atoms with Crippen molar-refractivity contribution in [2.75, 3.05) is 0 Å². The third kappa shape index (κ3) is 2.21. The minimum absolute atomic E-state index is 0.404. The van der Waals surface area contributed by atoms with Crippen LogP contribution in [-0.4, -0.2) is 0 Å². The van der Waals surface area contributed by atoms with E-state index in [2.05, 4.69) is 60.0 Å². The fourth-order valence-corrected chi connectivity index (χ4v) is 1.37. The fraction of sp³-hybridized carbons (Fsp3) is 0.0909. The summed E-state index contributed by atoms with van der Waals surface area (Å²) in [5.74, 6) is 0. The zero-order valence-corrected chi connectivity index (χ0v) is 8.99. The van der Waals surface area contributed by atoms with Crippen LogP contribution in [0.1, 0.15) is 15.1 Å². The number of alkyl halides is 1. The molecule has 0 amide bonds. The lowest BCUT2D eigenvalue weighted by atomic mass is 10.1. The lowest BCUT2D eigenvalue weighted by Crippen LogP contribution is -1.83. The molecular weight excluding hydrogens is 259 g/mol. The highest BCUT2D eigenvalue weighted by molar-refractivity contribution is 14.1. The Labute approximate surface area is 87.1 Å². The van der Waals surface area contributed by atoms with Gasteiger partial charge in [0.2, 0.25) is 0 Å². The van der Waals surface area contributed by atoms with Crippen LogP contribution in [0.3, 0.4) is 0 Å². The zero-order valence-electron chi connectivity index (χ0n) is 6.83. The molecule has 0 nitrogen and oxygen atoms in total. The Kier molecular flexibility index (Phi) is 3.53. The monoisotopic (exact) mass is 270 g/mol. The Morgan fingerprint density at radius 1 is 1.17 bits per heavy atom. The van der Waals surface area contributed by atoms with Crippen LogP contribution in [-0.2, 0) is 0 Å². The first-order chi connectivity index (χ1) is 5.77. The van der Waals surface area contributed by atoms with Crippen LogP contribution < -0.4 is 0 Å². The van der Waals surface area contributed by atoms with Gasteiger partial charge < -0.3 is 0 Å². The number of rotatable bonds is 3. The van der Waals surface area contributed by atoms with Crippen molar-refractivity contribution in [3.63, 3.8) is 0 Å². The standard InChI is InChI=1S/C11H11I/c1-3-9-5-7-10(8-6-9)11(12)4-2/h3-8,11H,1-2H2. The van der Waals surface area contributed by atoms with Crippen molar-refractivity contribution < 1.29 is 0 Å². The number of halogens is 1. The number of benzene rings is 1. The van der Waals surface area contributed by atoms with Crippen LogP contribution in [0.2, 0.25) is 0 Å². The molecule has 0 aromatic heterocycles. The van der Waals surface area contributed by atoms with Crippen molar-refractivity contribution in [2.45, 2.75) is 3.92 Å². The Balaban J connectivity index is 2.91. The quantitative estimate of drug-likeness (QED) is 0.442. The first-order valence-electron chi connectivity index (χ1n) is 3.77. The van der Waals surface area contributed by atoms with E-state index >= 15 is 0 Å². The first-order valence-corrected chi connectivity index (χ1v) is 5.01. The van der Waals surface area contributed by atoms with Crippen LogP contribution in [0.5, 0.6) is 0 Å². The summed E-state index contributed by atoms with van der Waals surface area (Å²) in [6.45, 7) is 7.46. The molecule has 1 rings (SSSR count). The average Bonchev–Trinajstić information content (AvgIpc) is 2.17. The molecule has 1 unspecified atom stereocenters. The summed E-state index contributed by atoms with van der Waals surface area (Å²) < 4.78 is 0.404. The molecule has 1 aromatic carbocycles. The second kappa shape index (κ2) is 4.45. The molecule has 1 atom stereocenters. The predicted molar refractivity (Wildman–Crippen MR) is 63.5 cm³/mol. The van der Waals surface area contributed by atoms with Gasteiger partial charge in [-0.2, -0.15) is 0 Å². The molecule has 0 saturated heterocycles. The van der Waals surface area contributed by atoms with Crippen molar-refractivity contribution in [3.8, 4) is 0 Å². The molecule has 0 aliphatic carbocycles. The van der Waals surface area contributed by atoms with Crippen molar-refractivity contribution in [3.05, 3.63) is 54.6 Å². The maximum absolute atomic E-state index is 3.75. The van der Waals surface area contributed by atoms with Crippen LogP contribution in [0, 0.1) is 0 Å². The molecule has 1 aromatic rings. The molecule has 0 aliphatic rings. The Bertz CT molecular complexity index is 272. The molecule has 0 saturated carbocycles. The molecule has 0 fully saturated rings. The Hall–Kier alpha value is -0.570. The van der Waals surface area contributed by atoms with Crippen LogP contribution in [0.15, 0.2) is 43.5 Å². The van der Waals surface area contributed by atoms with Gasteiger partial charge in [0.15, 0.2) is 0 Å². The molecule has 0 aliphatic heterocycles. The summed E-state index contributed by atoms with van der Waals surface area (Å²) in [7, 11) is 0. The summed E-state index contributed by atoms with van der Waals surface area (Å²) in [4.78, 5) is 0. The second-order valence-electron chi connectivity index (χ2n) is 2.51. The highest BCUT2D eigenvalue weighted by Gasteiger charge is 2.00. The summed E-state index contributed by atoms with van der Waals surface area (Å²) in [6, 6.07) is 8.35. The number of hydrogen-bond donors (Lipinski definition) is 0. The fourth-order valence-electron chi connectivity index (χ4n) is 0.952.